The Bertz CT molecular complexity index is 779. The van der Waals surface area contributed by atoms with Gasteiger partial charge in [-0.1, -0.05) is 37.3 Å². The van der Waals surface area contributed by atoms with Crippen molar-refractivity contribution in [1.29, 1.82) is 5.26 Å². The second-order valence-corrected chi connectivity index (χ2v) is 4.72. The zero-order valence-corrected chi connectivity index (χ0v) is 11.4. The fourth-order valence-corrected chi connectivity index (χ4v) is 2.43. The summed E-state index contributed by atoms with van der Waals surface area (Å²) in [5.74, 6) is 0. The van der Waals surface area contributed by atoms with Crippen molar-refractivity contribution in [1.82, 2.24) is 9.38 Å². The van der Waals surface area contributed by atoms with Gasteiger partial charge >= 0.3 is 0 Å². The lowest BCUT2D eigenvalue weighted by Gasteiger charge is -2.02. The summed E-state index contributed by atoms with van der Waals surface area (Å²) in [5.41, 5.74) is 5.08. The van der Waals surface area contributed by atoms with Crippen molar-refractivity contribution in [3.63, 3.8) is 0 Å². The van der Waals surface area contributed by atoms with E-state index < -0.39 is 0 Å². The van der Waals surface area contributed by atoms with E-state index in [0.717, 1.165) is 29.0 Å². The van der Waals surface area contributed by atoms with Crippen LogP contribution < -0.4 is 0 Å². The normalized spacial score (nSPS) is 10.6. The zero-order valence-electron chi connectivity index (χ0n) is 11.4. The van der Waals surface area contributed by atoms with E-state index in [1.807, 2.05) is 40.9 Å². The Hall–Kier alpha value is -2.60. The van der Waals surface area contributed by atoms with Crippen LogP contribution in [0, 0.1) is 11.3 Å². The van der Waals surface area contributed by atoms with Crippen LogP contribution in [0.5, 0.6) is 0 Å². The number of pyridine rings is 1. The number of nitrogens with zero attached hydrogens (tertiary/aromatic N) is 3. The van der Waals surface area contributed by atoms with Gasteiger partial charge in [-0.25, -0.2) is 4.98 Å². The second kappa shape index (κ2) is 5.18. The fraction of sp³-hybridized carbons (Fsp3) is 0.176. The van der Waals surface area contributed by atoms with Gasteiger partial charge in [0.15, 0.2) is 0 Å². The van der Waals surface area contributed by atoms with Crippen LogP contribution in [0.2, 0.25) is 0 Å². The highest BCUT2D eigenvalue weighted by molar-refractivity contribution is 5.67. The lowest BCUT2D eigenvalue weighted by atomic mass is 10.1. The number of nitriles is 1. The van der Waals surface area contributed by atoms with Gasteiger partial charge in [0.1, 0.15) is 5.65 Å². The highest BCUT2D eigenvalue weighted by atomic mass is 15.0. The van der Waals surface area contributed by atoms with E-state index in [4.69, 9.17) is 10.2 Å². The molecular formula is C17H15N3. The third-order valence-corrected chi connectivity index (χ3v) is 3.49. The number of benzene rings is 1. The molecule has 2 heterocycles. The SMILES string of the molecule is CCc1ccn2c(CC#N)c(-c3ccccc3)nc2c1. The van der Waals surface area contributed by atoms with Crippen LogP contribution in [0.15, 0.2) is 48.7 Å². The molecule has 3 aromatic rings. The topological polar surface area (TPSA) is 41.1 Å². The van der Waals surface area contributed by atoms with Gasteiger partial charge in [-0.2, -0.15) is 5.26 Å². The average molecular weight is 261 g/mol. The molecule has 0 unspecified atom stereocenters. The minimum Gasteiger partial charge on any atom is -0.302 e. The molecule has 0 aliphatic carbocycles. The molecule has 0 N–H and O–H groups in total. The van der Waals surface area contributed by atoms with Gasteiger partial charge in [-0.15, -0.1) is 0 Å². The third kappa shape index (κ3) is 2.06. The van der Waals surface area contributed by atoms with Crippen molar-refractivity contribution in [2.45, 2.75) is 19.8 Å². The number of imidazole rings is 1. The van der Waals surface area contributed by atoms with Crippen LogP contribution in [0.25, 0.3) is 16.9 Å². The molecule has 98 valence electrons. The summed E-state index contributed by atoms with van der Waals surface area (Å²) in [6, 6.07) is 16.5. The molecule has 1 aromatic carbocycles. The molecule has 0 spiro atoms. The standard InChI is InChI=1S/C17H15N3/c1-2-13-9-11-20-15(8-10-18)17(19-16(20)12-13)14-6-4-3-5-7-14/h3-7,9,11-12H,2,8H2,1H3. The maximum absolute atomic E-state index is 9.08. The van der Waals surface area contributed by atoms with Crippen LogP contribution in [0.3, 0.4) is 0 Å². The van der Waals surface area contributed by atoms with E-state index in [1.165, 1.54) is 5.56 Å². The van der Waals surface area contributed by atoms with Crippen LogP contribution in [0.1, 0.15) is 18.2 Å². The first kappa shape index (κ1) is 12.4. The molecule has 3 heteroatoms. The van der Waals surface area contributed by atoms with Gasteiger partial charge in [-0.05, 0) is 24.1 Å². The van der Waals surface area contributed by atoms with Crippen LogP contribution in [-0.2, 0) is 12.8 Å². The molecule has 0 bridgehead atoms. The van der Waals surface area contributed by atoms with E-state index in [9.17, 15) is 0 Å². The molecule has 20 heavy (non-hydrogen) atoms. The van der Waals surface area contributed by atoms with Crippen molar-refractivity contribution in [3.8, 4) is 17.3 Å². The largest absolute Gasteiger partial charge is 0.302 e. The van der Waals surface area contributed by atoms with Gasteiger partial charge in [0.05, 0.1) is 23.9 Å². The Kier molecular flexibility index (Phi) is 3.22. The first-order valence-electron chi connectivity index (χ1n) is 6.75. The van der Waals surface area contributed by atoms with E-state index in [1.54, 1.807) is 0 Å². The summed E-state index contributed by atoms with van der Waals surface area (Å²) in [6.07, 6.45) is 3.36. The Labute approximate surface area is 118 Å². The molecule has 0 saturated heterocycles. The van der Waals surface area contributed by atoms with Crippen LogP contribution in [0.4, 0.5) is 0 Å². The number of hydrogen-bond acceptors (Lipinski definition) is 2. The first-order valence-corrected chi connectivity index (χ1v) is 6.75. The maximum atomic E-state index is 9.08. The molecule has 3 rings (SSSR count). The number of fused-ring (bicyclic) bond motifs is 1. The van der Waals surface area contributed by atoms with Gasteiger partial charge < -0.3 is 4.40 Å². The average Bonchev–Trinajstić information content (AvgIpc) is 2.86. The first-order chi connectivity index (χ1) is 9.83. The quantitative estimate of drug-likeness (QED) is 0.722. The molecular weight excluding hydrogens is 246 g/mol. The van der Waals surface area contributed by atoms with Crippen molar-refractivity contribution in [3.05, 3.63) is 59.9 Å². The van der Waals surface area contributed by atoms with Crippen molar-refractivity contribution < 1.29 is 0 Å². The zero-order chi connectivity index (χ0) is 13.9. The number of aromatic nitrogens is 2. The lowest BCUT2D eigenvalue weighted by molar-refractivity contribution is 1.04. The minimum atomic E-state index is 0.358. The highest BCUT2D eigenvalue weighted by Gasteiger charge is 2.13. The monoisotopic (exact) mass is 261 g/mol. The van der Waals surface area contributed by atoms with E-state index in [-0.39, 0.29) is 0 Å². The Morgan fingerprint density at radius 2 is 2.00 bits per heavy atom. The van der Waals surface area contributed by atoms with E-state index >= 15 is 0 Å². The summed E-state index contributed by atoms with van der Waals surface area (Å²) < 4.78 is 2.02. The Morgan fingerprint density at radius 1 is 1.20 bits per heavy atom. The highest BCUT2D eigenvalue weighted by Crippen LogP contribution is 2.25. The predicted molar refractivity (Wildman–Crippen MR) is 79.3 cm³/mol. The van der Waals surface area contributed by atoms with E-state index in [0.29, 0.717) is 6.42 Å². The molecule has 0 amide bonds. The summed E-state index contributed by atoms with van der Waals surface area (Å²) in [4.78, 5) is 4.72. The molecule has 0 saturated carbocycles. The molecule has 3 nitrogen and oxygen atoms in total. The Morgan fingerprint density at radius 3 is 2.70 bits per heavy atom. The summed E-state index contributed by atoms with van der Waals surface area (Å²) in [6.45, 7) is 2.13. The van der Waals surface area contributed by atoms with Crippen molar-refractivity contribution in [2.24, 2.45) is 0 Å². The lowest BCUT2D eigenvalue weighted by Crippen LogP contribution is -1.94. The second-order valence-electron chi connectivity index (χ2n) is 4.72. The number of hydrogen-bond donors (Lipinski definition) is 0. The molecule has 0 fully saturated rings. The Balaban J connectivity index is 2.26. The van der Waals surface area contributed by atoms with Gasteiger partial charge in [-0.3, -0.25) is 0 Å². The number of rotatable bonds is 3. The molecule has 0 radical (unpaired) electrons. The smallest absolute Gasteiger partial charge is 0.137 e. The van der Waals surface area contributed by atoms with Gasteiger partial charge in [0.2, 0.25) is 0 Å². The summed E-state index contributed by atoms with van der Waals surface area (Å²) in [5, 5.41) is 9.08. The molecule has 2 aromatic heterocycles. The van der Waals surface area contributed by atoms with Gasteiger partial charge in [0, 0.05) is 11.8 Å². The molecule has 0 atom stereocenters. The fourth-order valence-electron chi connectivity index (χ4n) is 2.43. The van der Waals surface area contributed by atoms with E-state index in [2.05, 4.69) is 25.1 Å². The van der Waals surface area contributed by atoms with Crippen molar-refractivity contribution in [2.75, 3.05) is 0 Å². The molecule has 0 aliphatic rings. The van der Waals surface area contributed by atoms with Crippen LogP contribution in [-0.4, -0.2) is 9.38 Å². The third-order valence-electron chi connectivity index (χ3n) is 3.49. The van der Waals surface area contributed by atoms with Crippen molar-refractivity contribution >= 4 is 5.65 Å². The predicted octanol–water partition coefficient (Wildman–Crippen LogP) is 3.63. The van der Waals surface area contributed by atoms with Crippen LogP contribution >= 0.6 is 0 Å². The summed E-state index contributed by atoms with van der Waals surface area (Å²) in [7, 11) is 0. The maximum Gasteiger partial charge on any atom is 0.137 e. The number of aryl methyl sites for hydroxylation is 1. The molecule has 0 aliphatic heterocycles. The van der Waals surface area contributed by atoms with Gasteiger partial charge in [0.25, 0.3) is 0 Å². The summed E-state index contributed by atoms with van der Waals surface area (Å²) >= 11 is 0. The minimum absolute atomic E-state index is 0.358.